The number of aliphatic hydroxyl groups excluding tert-OH is 1. The third-order valence-electron chi connectivity index (χ3n) is 1.10. The normalized spacial score (nSPS) is 15.2. The molecule has 0 heterocycles. The van der Waals surface area contributed by atoms with E-state index in [1.54, 1.807) is 13.8 Å². The molecule has 4 nitrogen and oxygen atoms in total. The summed E-state index contributed by atoms with van der Waals surface area (Å²) in [6, 6.07) is 0. The van der Waals surface area contributed by atoms with E-state index in [-0.39, 0.29) is 18.6 Å². The Kier molecular flexibility index (Phi) is 4.04. The van der Waals surface area contributed by atoms with E-state index >= 15 is 0 Å². The molecule has 10 heavy (non-hydrogen) atoms. The van der Waals surface area contributed by atoms with Crippen LogP contribution >= 0.6 is 0 Å². The fourth-order valence-electron chi connectivity index (χ4n) is 0.310. The molecule has 0 aliphatic rings. The number of nitrogens with one attached hydrogen (secondary N) is 1. The summed E-state index contributed by atoms with van der Waals surface area (Å²) < 4.78 is 22.1. The molecule has 0 aromatic rings. The fraction of sp³-hybridized carbons (Fsp3) is 1.00. The molecule has 0 aromatic carbocycles. The molecule has 2 N–H and O–H groups in total. The summed E-state index contributed by atoms with van der Waals surface area (Å²) >= 11 is -2.22. The van der Waals surface area contributed by atoms with Crippen molar-refractivity contribution in [3.63, 3.8) is 0 Å². The molecular formula is C5H12NO3S-. The zero-order valence-corrected chi connectivity index (χ0v) is 6.90. The second kappa shape index (κ2) is 4.02. The molecule has 0 aliphatic heterocycles. The van der Waals surface area contributed by atoms with Crippen LogP contribution in [0.5, 0.6) is 0 Å². The molecule has 0 aromatic heterocycles. The van der Waals surface area contributed by atoms with Crippen molar-refractivity contribution < 1.29 is 13.9 Å². The average molecular weight is 166 g/mol. The van der Waals surface area contributed by atoms with Gasteiger partial charge in [-0.1, -0.05) is 13.8 Å². The van der Waals surface area contributed by atoms with E-state index in [4.69, 9.17) is 5.11 Å². The van der Waals surface area contributed by atoms with Crippen molar-refractivity contribution in [1.82, 2.24) is 4.72 Å². The van der Waals surface area contributed by atoms with Crippen molar-refractivity contribution >= 4 is 11.3 Å². The quantitative estimate of drug-likeness (QED) is 0.547. The Hall–Kier alpha value is 0.0300. The van der Waals surface area contributed by atoms with Gasteiger partial charge in [-0.25, -0.2) is 4.72 Å². The number of hydrogen-bond donors (Lipinski definition) is 2. The molecule has 0 fully saturated rings. The Morgan fingerprint density at radius 2 is 2.20 bits per heavy atom. The van der Waals surface area contributed by atoms with Gasteiger partial charge in [0.15, 0.2) is 0 Å². The highest BCUT2D eigenvalue weighted by molar-refractivity contribution is 7.77. The molecule has 1 atom stereocenters. The van der Waals surface area contributed by atoms with Gasteiger partial charge in [-0.3, -0.25) is 4.21 Å². The SMILES string of the molecule is CC(C)(CO)CNS(=O)[O-]. The maximum Gasteiger partial charge on any atom is 0.0494 e. The summed E-state index contributed by atoms with van der Waals surface area (Å²) in [6.45, 7) is 3.77. The molecule has 0 saturated heterocycles. The molecule has 0 bridgehead atoms. The van der Waals surface area contributed by atoms with E-state index in [9.17, 15) is 8.76 Å². The molecule has 0 spiro atoms. The first kappa shape index (κ1) is 10.0. The van der Waals surface area contributed by atoms with E-state index in [0.29, 0.717) is 0 Å². The summed E-state index contributed by atoms with van der Waals surface area (Å²) in [7, 11) is 0. The largest absolute Gasteiger partial charge is 0.760 e. The Morgan fingerprint density at radius 1 is 1.70 bits per heavy atom. The molecule has 1 unspecified atom stereocenters. The average Bonchev–Trinajstić information content (AvgIpc) is 1.85. The minimum atomic E-state index is -2.22. The van der Waals surface area contributed by atoms with Gasteiger partial charge in [-0.15, -0.1) is 0 Å². The highest BCUT2D eigenvalue weighted by atomic mass is 32.2. The van der Waals surface area contributed by atoms with Crippen LogP contribution in [0.4, 0.5) is 0 Å². The van der Waals surface area contributed by atoms with Crippen LogP contribution in [0.2, 0.25) is 0 Å². The van der Waals surface area contributed by atoms with Crippen molar-refractivity contribution in [2.75, 3.05) is 13.2 Å². The predicted octanol–water partition coefficient (Wildman–Crippen LogP) is -0.611. The van der Waals surface area contributed by atoms with Crippen LogP contribution in [-0.2, 0) is 11.3 Å². The van der Waals surface area contributed by atoms with Crippen molar-refractivity contribution in [2.45, 2.75) is 13.8 Å². The lowest BCUT2D eigenvalue weighted by atomic mass is 9.96. The molecule has 0 aliphatic carbocycles. The van der Waals surface area contributed by atoms with Gasteiger partial charge >= 0.3 is 0 Å². The van der Waals surface area contributed by atoms with E-state index in [0.717, 1.165) is 0 Å². The van der Waals surface area contributed by atoms with Crippen LogP contribution in [0.1, 0.15) is 13.8 Å². The lowest BCUT2D eigenvalue weighted by Gasteiger charge is -2.22. The van der Waals surface area contributed by atoms with Crippen LogP contribution in [0.3, 0.4) is 0 Å². The van der Waals surface area contributed by atoms with Crippen molar-refractivity contribution in [3.05, 3.63) is 0 Å². The minimum Gasteiger partial charge on any atom is -0.760 e. The Labute approximate surface area is 63.1 Å². The van der Waals surface area contributed by atoms with Gasteiger partial charge < -0.3 is 9.66 Å². The molecule has 0 radical (unpaired) electrons. The van der Waals surface area contributed by atoms with Crippen LogP contribution < -0.4 is 4.72 Å². The first-order valence-corrected chi connectivity index (χ1v) is 3.99. The van der Waals surface area contributed by atoms with Crippen molar-refractivity contribution in [1.29, 1.82) is 0 Å². The lowest BCUT2D eigenvalue weighted by molar-refractivity contribution is 0.163. The van der Waals surface area contributed by atoms with Gasteiger partial charge in [0.05, 0.1) is 0 Å². The van der Waals surface area contributed by atoms with Gasteiger partial charge in [0.2, 0.25) is 0 Å². The molecule has 62 valence electrons. The minimum absolute atomic E-state index is 0.0306. The third kappa shape index (κ3) is 4.87. The van der Waals surface area contributed by atoms with Crippen LogP contribution in [0.15, 0.2) is 0 Å². The Morgan fingerprint density at radius 3 is 2.50 bits per heavy atom. The standard InChI is InChI=1S/C5H13NO3S/c1-5(2,4-7)3-6-10(8)9/h6-7H,3-4H2,1-2H3,(H,8,9)/p-1. The van der Waals surface area contributed by atoms with Gasteiger partial charge in [0.25, 0.3) is 0 Å². The van der Waals surface area contributed by atoms with Gasteiger partial charge in [-0.2, -0.15) is 0 Å². The maximum absolute atomic E-state index is 9.97. The Balaban J connectivity index is 3.56. The zero-order valence-electron chi connectivity index (χ0n) is 6.09. The number of rotatable bonds is 4. The van der Waals surface area contributed by atoms with Crippen LogP contribution in [0.25, 0.3) is 0 Å². The number of aliphatic hydroxyl groups is 1. The van der Waals surface area contributed by atoms with Crippen molar-refractivity contribution in [2.24, 2.45) is 5.41 Å². The highest BCUT2D eigenvalue weighted by Gasteiger charge is 2.15. The molecule has 5 heteroatoms. The molecular weight excluding hydrogens is 154 g/mol. The third-order valence-corrected chi connectivity index (χ3v) is 1.48. The van der Waals surface area contributed by atoms with E-state index in [1.807, 2.05) is 0 Å². The van der Waals surface area contributed by atoms with E-state index < -0.39 is 11.3 Å². The topological polar surface area (TPSA) is 72.4 Å². The molecule has 0 rings (SSSR count). The summed E-state index contributed by atoms with van der Waals surface area (Å²) in [4.78, 5) is 0. The Bertz CT molecular complexity index is 126. The lowest BCUT2D eigenvalue weighted by Crippen LogP contribution is -2.33. The van der Waals surface area contributed by atoms with Gasteiger partial charge in [-0.05, 0) is 0 Å². The number of hydrogen-bond acceptors (Lipinski definition) is 3. The zero-order chi connectivity index (χ0) is 8.20. The summed E-state index contributed by atoms with van der Waals surface area (Å²) in [5.41, 5.74) is -0.375. The molecule has 0 amide bonds. The summed E-state index contributed by atoms with van der Waals surface area (Å²) in [5, 5.41) is 8.67. The summed E-state index contributed by atoms with van der Waals surface area (Å²) in [5.74, 6) is 0. The second-order valence-electron chi connectivity index (χ2n) is 2.88. The van der Waals surface area contributed by atoms with E-state index in [2.05, 4.69) is 4.72 Å². The first-order chi connectivity index (χ1) is 4.48. The predicted molar refractivity (Wildman–Crippen MR) is 37.8 cm³/mol. The molecule has 0 saturated carbocycles. The van der Waals surface area contributed by atoms with E-state index in [1.165, 1.54) is 0 Å². The van der Waals surface area contributed by atoms with Crippen LogP contribution in [-0.4, -0.2) is 27.0 Å². The smallest absolute Gasteiger partial charge is 0.0494 e. The van der Waals surface area contributed by atoms with Crippen LogP contribution in [0, 0.1) is 5.41 Å². The maximum atomic E-state index is 9.97. The first-order valence-electron chi connectivity index (χ1n) is 2.91. The monoisotopic (exact) mass is 166 g/mol. The van der Waals surface area contributed by atoms with Gasteiger partial charge in [0.1, 0.15) is 0 Å². The van der Waals surface area contributed by atoms with Gasteiger partial charge in [0, 0.05) is 29.8 Å². The summed E-state index contributed by atoms with van der Waals surface area (Å²) in [6.07, 6.45) is 0. The highest BCUT2D eigenvalue weighted by Crippen LogP contribution is 2.10. The van der Waals surface area contributed by atoms with Crippen molar-refractivity contribution in [3.8, 4) is 0 Å². The fourth-order valence-corrected chi connectivity index (χ4v) is 0.819. The second-order valence-corrected chi connectivity index (χ2v) is 3.64.